The Morgan fingerprint density at radius 2 is 1.74 bits per heavy atom. The van der Waals surface area contributed by atoms with Crippen LogP contribution in [-0.2, 0) is 11.3 Å². The Hall–Kier alpha value is -3.02. The van der Waals surface area contributed by atoms with Crippen LogP contribution in [0.3, 0.4) is 0 Å². The molecule has 0 saturated carbocycles. The topological polar surface area (TPSA) is 127 Å². The van der Waals surface area contributed by atoms with Gasteiger partial charge >= 0.3 is 0 Å². The number of hydrogen-bond donors (Lipinski definition) is 4. The Morgan fingerprint density at radius 1 is 1.03 bits per heavy atom. The fourth-order valence-corrected chi connectivity index (χ4v) is 2.79. The van der Waals surface area contributed by atoms with Crippen LogP contribution in [0.4, 0.5) is 5.69 Å². The summed E-state index contributed by atoms with van der Waals surface area (Å²) < 4.78 is 11.4. The second-order valence-corrected chi connectivity index (χ2v) is 6.61. The number of guanidine groups is 1. The second-order valence-electron chi connectivity index (χ2n) is 6.61. The molecule has 10 heteroatoms. The number of halogens is 1. The molecule has 0 bridgehead atoms. The minimum Gasteiger partial charge on any atom is -0.490 e. The average Bonchev–Trinajstić information content (AvgIpc) is 3.00. The molecule has 0 radical (unpaired) electrons. The number of carbonyl (C=O) groups excluding carboxylic acids is 2. The fraction of sp³-hybridized carbons (Fsp3) is 0.286. The average molecular weight is 539 g/mol. The highest BCUT2D eigenvalue weighted by atomic mass is 127. The minimum absolute atomic E-state index is 0. The lowest BCUT2D eigenvalue weighted by Gasteiger charge is -2.14. The number of nitrogens with zero attached hydrogens (tertiary/aromatic N) is 1. The number of ether oxygens (including phenoxy) is 2. The monoisotopic (exact) mass is 539 g/mol. The van der Waals surface area contributed by atoms with Crippen molar-refractivity contribution in [3.63, 3.8) is 0 Å². The zero-order chi connectivity index (χ0) is 21.3. The number of primary amides is 1. The van der Waals surface area contributed by atoms with Gasteiger partial charge < -0.3 is 31.2 Å². The molecule has 5 N–H and O–H groups in total. The quantitative estimate of drug-likeness (QED) is 0.252. The molecule has 0 aromatic heterocycles. The molecule has 2 aromatic carbocycles. The summed E-state index contributed by atoms with van der Waals surface area (Å²) in [6.07, 6.45) is 0.853. The first kappa shape index (κ1) is 24.3. The van der Waals surface area contributed by atoms with E-state index in [1.807, 2.05) is 30.3 Å². The van der Waals surface area contributed by atoms with Crippen LogP contribution in [0.1, 0.15) is 22.3 Å². The molecule has 2 aromatic rings. The maximum Gasteiger partial charge on any atom is 0.251 e. The third-order valence-electron chi connectivity index (χ3n) is 4.33. The summed E-state index contributed by atoms with van der Waals surface area (Å²) in [7, 11) is 1.69. The summed E-state index contributed by atoms with van der Waals surface area (Å²) in [5.41, 5.74) is 7.27. The first-order chi connectivity index (χ1) is 14.5. The Kier molecular flexibility index (Phi) is 9.38. The van der Waals surface area contributed by atoms with Crippen molar-refractivity contribution in [3.8, 4) is 11.5 Å². The molecule has 0 saturated heterocycles. The summed E-state index contributed by atoms with van der Waals surface area (Å²) in [5, 5.41) is 8.89. The zero-order valence-electron chi connectivity index (χ0n) is 17.1. The van der Waals surface area contributed by atoms with Crippen LogP contribution in [0.15, 0.2) is 47.5 Å². The third-order valence-corrected chi connectivity index (χ3v) is 4.33. The summed E-state index contributed by atoms with van der Waals surface area (Å²) >= 11 is 0. The molecular weight excluding hydrogens is 513 g/mol. The van der Waals surface area contributed by atoms with Crippen LogP contribution in [-0.4, -0.2) is 44.6 Å². The van der Waals surface area contributed by atoms with Crippen LogP contribution >= 0.6 is 24.0 Å². The smallest absolute Gasteiger partial charge is 0.251 e. The fourth-order valence-electron chi connectivity index (χ4n) is 2.79. The highest BCUT2D eigenvalue weighted by molar-refractivity contribution is 14.0. The molecule has 31 heavy (non-hydrogen) atoms. The van der Waals surface area contributed by atoms with Crippen molar-refractivity contribution in [2.24, 2.45) is 10.7 Å². The van der Waals surface area contributed by atoms with Crippen molar-refractivity contribution in [1.29, 1.82) is 0 Å². The molecule has 166 valence electrons. The number of benzene rings is 2. The van der Waals surface area contributed by atoms with Gasteiger partial charge in [-0.2, -0.15) is 0 Å². The van der Waals surface area contributed by atoms with E-state index in [-0.39, 0.29) is 36.4 Å². The van der Waals surface area contributed by atoms with Gasteiger partial charge in [0, 0.05) is 37.3 Å². The largest absolute Gasteiger partial charge is 0.490 e. The van der Waals surface area contributed by atoms with E-state index in [1.165, 1.54) is 0 Å². The van der Waals surface area contributed by atoms with Crippen molar-refractivity contribution < 1.29 is 19.1 Å². The molecular formula is C21H26IN5O4. The molecule has 0 unspecified atom stereocenters. The van der Waals surface area contributed by atoms with Crippen molar-refractivity contribution >= 4 is 47.4 Å². The molecule has 0 atom stereocenters. The van der Waals surface area contributed by atoms with Gasteiger partial charge in [0.1, 0.15) is 0 Å². The van der Waals surface area contributed by atoms with Crippen LogP contribution in [0, 0.1) is 0 Å². The summed E-state index contributed by atoms with van der Waals surface area (Å²) in [6.45, 7) is 1.59. The Labute approximate surface area is 197 Å². The molecule has 0 fully saturated rings. The van der Waals surface area contributed by atoms with Crippen molar-refractivity contribution in [2.75, 3.05) is 32.1 Å². The zero-order valence-corrected chi connectivity index (χ0v) is 19.5. The van der Waals surface area contributed by atoms with Gasteiger partial charge in [0.15, 0.2) is 17.5 Å². The number of nitrogens with two attached hydrogens (primary N) is 1. The highest BCUT2D eigenvalue weighted by Gasteiger charge is 2.11. The molecule has 0 aliphatic carbocycles. The maximum atomic E-state index is 11.9. The summed E-state index contributed by atoms with van der Waals surface area (Å²) in [6, 6.07) is 12.7. The number of carbonyl (C=O) groups is 2. The first-order valence-corrected chi connectivity index (χ1v) is 9.58. The number of fused-ring (bicyclic) bond motifs is 1. The van der Waals surface area contributed by atoms with Gasteiger partial charge in [0.25, 0.3) is 5.91 Å². The van der Waals surface area contributed by atoms with Gasteiger partial charge in [-0.25, -0.2) is 0 Å². The van der Waals surface area contributed by atoms with E-state index < -0.39 is 5.91 Å². The van der Waals surface area contributed by atoms with Gasteiger partial charge in [-0.05, 0) is 29.8 Å². The molecule has 2 amide bonds. The van der Waals surface area contributed by atoms with Crippen molar-refractivity contribution in [2.45, 2.75) is 13.0 Å². The minimum atomic E-state index is -0.586. The van der Waals surface area contributed by atoms with Gasteiger partial charge in [0.2, 0.25) is 5.91 Å². The lowest BCUT2D eigenvalue weighted by atomic mass is 10.1. The van der Waals surface area contributed by atoms with E-state index in [9.17, 15) is 9.59 Å². The highest BCUT2D eigenvalue weighted by Crippen LogP contribution is 2.32. The molecule has 3 rings (SSSR count). The van der Waals surface area contributed by atoms with Gasteiger partial charge in [-0.1, -0.05) is 12.1 Å². The summed E-state index contributed by atoms with van der Waals surface area (Å²) in [5.74, 6) is 1.10. The number of rotatable bonds is 6. The van der Waals surface area contributed by atoms with Crippen molar-refractivity contribution in [1.82, 2.24) is 10.6 Å². The lowest BCUT2D eigenvalue weighted by molar-refractivity contribution is -0.117. The molecule has 9 nitrogen and oxygen atoms in total. The number of hydrogen-bond acceptors (Lipinski definition) is 5. The summed E-state index contributed by atoms with van der Waals surface area (Å²) in [4.78, 5) is 26.9. The Bertz CT molecular complexity index is 934. The third kappa shape index (κ3) is 7.31. The van der Waals surface area contributed by atoms with E-state index in [4.69, 9.17) is 15.2 Å². The van der Waals surface area contributed by atoms with Gasteiger partial charge in [0.05, 0.1) is 19.8 Å². The standard InChI is InChI=1S/C21H25N5O4.HI/c1-23-21(26-16-7-8-17-18(11-16)30-10-2-9-29-17)25-12-14-3-5-15(6-4-14)20(28)24-13-19(22)27;/h3-8,11H,2,9-10,12-13H2,1H3,(H2,22,27)(H,24,28)(H2,23,25,26);1H. The van der Waals surface area contributed by atoms with Crippen LogP contribution in [0.2, 0.25) is 0 Å². The molecule has 1 aliphatic heterocycles. The molecule has 1 heterocycles. The Balaban J connectivity index is 0.00000341. The van der Waals surface area contributed by atoms with Crippen LogP contribution in [0.25, 0.3) is 0 Å². The van der Waals surface area contributed by atoms with E-state index >= 15 is 0 Å². The van der Waals surface area contributed by atoms with E-state index in [1.54, 1.807) is 19.2 Å². The van der Waals surface area contributed by atoms with E-state index in [0.29, 0.717) is 37.0 Å². The molecule has 1 aliphatic rings. The van der Waals surface area contributed by atoms with Gasteiger partial charge in [-0.3, -0.25) is 14.6 Å². The van der Waals surface area contributed by atoms with Crippen LogP contribution < -0.4 is 31.2 Å². The van der Waals surface area contributed by atoms with Crippen molar-refractivity contribution in [3.05, 3.63) is 53.6 Å². The van der Waals surface area contributed by atoms with Crippen LogP contribution in [0.5, 0.6) is 11.5 Å². The first-order valence-electron chi connectivity index (χ1n) is 9.58. The van der Waals surface area contributed by atoms with Gasteiger partial charge in [-0.15, -0.1) is 24.0 Å². The normalized spacial score (nSPS) is 12.7. The number of amides is 2. The van der Waals surface area contributed by atoms with E-state index in [2.05, 4.69) is 20.9 Å². The predicted octanol–water partition coefficient (Wildman–Crippen LogP) is 1.87. The number of anilines is 1. The Morgan fingerprint density at radius 3 is 2.42 bits per heavy atom. The molecule has 0 spiro atoms. The second kappa shape index (κ2) is 12.0. The number of aliphatic imine (C=N–C) groups is 1. The number of nitrogens with one attached hydrogen (secondary N) is 3. The lowest BCUT2D eigenvalue weighted by Crippen LogP contribution is -2.33. The maximum absolute atomic E-state index is 11.9. The predicted molar refractivity (Wildman–Crippen MR) is 129 cm³/mol. The van der Waals surface area contributed by atoms with E-state index in [0.717, 1.165) is 23.4 Å². The SMILES string of the molecule is CN=C(NCc1ccc(C(=O)NCC(N)=O)cc1)Nc1ccc2c(c1)OCCCO2.I.